The average molecular weight is 144 g/mol. The van der Waals surface area contributed by atoms with E-state index in [1.54, 1.807) is 7.11 Å². The molecule has 0 aliphatic carbocycles. The lowest BCUT2D eigenvalue weighted by atomic mass is 9.81. The predicted octanol–water partition coefficient (Wildman–Crippen LogP) is -0.477. The quantitative estimate of drug-likeness (QED) is 0.581. The van der Waals surface area contributed by atoms with E-state index in [0.29, 0.717) is 0 Å². The van der Waals surface area contributed by atoms with Crippen molar-refractivity contribution in [2.75, 3.05) is 40.4 Å². The maximum atomic E-state index is 5.61. The molecule has 0 radical (unpaired) electrons. The van der Waals surface area contributed by atoms with E-state index >= 15 is 0 Å². The second-order valence-electron chi connectivity index (χ2n) is 3.31. The third kappa shape index (κ3) is 1.31. The highest BCUT2D eigenvalue weighted by Gasteiger charge is 2.39. The van der Waals surface area contributed by atoms with Crippen molar-refractivity contribution in [3.8, 4) is 0 Å². The van der Waals surface area contributed by atoms with Crippen LogP contribution in [0.25, 0.3) is 0 Å². The molecule has 10 heavy (non-hydrogen) atoms. The SMILES string of the molecule is COCC1(CN)CN(C)C1. The Labute approximate surface area is 62.1 Å². The Morgan fingerprint density at radius 1 is 1.60 bits per heavy atom. The molecule has 3 nitrogen and oxygen atoms in total. The van der Waals surface area contributed by atoms with Gasteiger partial charge in [0.25, 0.3) is 0 Å². The molecule has 60 valence electrons. The zero-order chi connectivity index (χ0) is 7.61. The van der Waals surface area contributed by atoms with Gasteiger partial charge in [-0.1, -0.05) is 0 Å². The summed E-state index contributed by atoms with van der Waals surface area (Å²) in [7, 11) is 3.83. The van der Waals surface area contributed by atoms with Crippen LogP contribution in [0.4, 0.5) is 0 Å². The van der Waals surface area contributed by atoms with E-state index in [4.69, 9.17) is 10.5 Å². The molecule has 0 atom stereocenters. The van der Waals surface area contributed by atoms with Crippen molar-refractivity contribution < 1.29 is 4.74 Å². The first-order chi connectivity index (χ1) is 4.72. The molecule has 1 saturated heterocycles. The van der Waals surface area contributed by atoms with Crippen molar-refractivity contribution in [3.63, 3.8) is 0 Å². The molecule has 1 aliphatic heterocycles. The highest BCUT2D eigenvalue weighted by molar-refractivity contribution is 4.93. The second-order valence-corrected chi connectivity index (χ2v) is 3.31. The smallest absolute Gasteiger partial charge is 0.0555 e. The van der Waals surface area contributed by atoms with Gasteiger partial charge in [-0.2, -0.15) is 0 Å². The summed E-state index contributed by atoms with van der Waals surface area (Å²) in [4.78, 5) is 2.26. The van der Waals surface area contributed by atoms with Crippen LogP contribution in [0, 0.1) is 5.41 Å². The van der Waals surface area contributed by atoms with Crippen molar-refractivity contribution in [2.45, 2.75) is 0 Å². The minimum atomic E-state index is 0.267. The van der Waals surface area contributed by atoms with Crippen LogP contribution < -0.4 is 5.73 Å². The summed E-state index contributed by atoms with van der Waals surface area (Å²) in [5.41, 5.74) is 5.88. The predicted molar refractivity (Wildman–Crippen MR) is 40.9 cm³/mol. The topological polar surface area (TPSA) is 38.5 Å². The number of likely N-dealkylation sites (tertiary alicyclic amines) is 1. The van der Waals surface area contributed by atoms with Gasteiger partial charge in [-0.3, -0.25) is 0 Å². The molecule has 1 rings (SSSR count). The Bertz CT molecular complexity index is 105. The zero-order valence-electron chi connectivity index (χ0n) is 6.76. The molecule has 0 bridgehead atoms. The van der Waals surface area contributed by atoms with Crippen LogP contribution in [0.3, 0.4) is 0 Å². The molecule has 0 unspecified atom stereocenters. The lowest BCUT2D eigenvalue weighted by Crippen LogP contribution is -2.60. The summed E-state index contributed by atoms with van der Waals surface area (Å²) in [5, 5.41) is 0. The van der Waals surface area contributed by atoms with E-state index in [0.717, 1.165) is 26.2 Å². The third-order valence-corrected chi connectivity index (χ3v) is 2.09. The van der Waals surface area contributed by atoms with E-state index < -0.39 is 0 Å². The first-order valence-corrected chi connectivity index (χ1v) is 3.60. The molecule has 1 heterocycles. The van der Waals surface area contributed by atoms with E-state index in [9.17, 15) is 0 Å². The summed E-state index contributed by atoms with van der Waals surface area (Å²) in [6, 6.07) is 0. The van der Waals surface area contributed by atoms with E-state index in [1.807, 2.05) is 0 Å². The summed E-state index contributed by atoms with van der Waals surface area (Å²) < 4.78 is 5.08. The average Bonchev–Trinajstić information content (AvgIpc) is 1.84. The van der Waals surface area contributed by atoms with Crippen molar-refractivity contribution in [1.29, 1.82) is 0 Å². The lowest BCUT2D eigenvalue weighted by Gasteiger charge is -2.47. The molecule has 1 aliphatic rings. The van der Waals surface area contributed by atoms with Crippen LogP contribution in [0.2, 0.25) is 0 Å². The van der Waals surface area contributed by atoms with Crippen molar-refractivity contribution >= 4 is 0 Å². The van der Waals surface area contributed by atoms with Gasteiger partial charge in [-0.25, -0.2) is 0 Å². The van der Waals surface area contributed by atoms with Crippen molar-refractivity contribution in [3.05, 3.63) is 0 Å². The molecular formula is C7H16N2O. The van der Waals surface area contributed by atoms with Crippen LogP contribution in [0.1, 0.15) is 0 Å². The molecule has 0 saturated carbocycles. The second kappa shape index (κ2) is 2.86. The number of methoxy groups -OCH3 is 1. The van der Waals surface area contributed by atoms with Gasteiger partial charge in [-0.05, 0) is 7.05 Å². The van der Waals surface area contributed by atoms with Gasteiger partial charge in [0.15, 0.2) is 0 Å². The molecule has 2 N–H and O–H groups in total. The van der Waals surface area contributed by atoms with Crippen molar-refractivity contribution in [1.82, 2.24) is 4.90 Å². The van der Waals surface area contributed by atoms with Gasteiger partial charge in [0.05, 0.1) is 6.61 Å². The standard InChI is InChI=1S/C7H16N2O/c1-9-4-7(3-8,5-9)6-10-2/h3-6,8H2,1-2H3. The first kappa shape index (κ1) is 7.98. The molecule has 0 aromatic carbocycles. The fourth-order valence-corrected chi connectivity index (χ4v) is 1.68. The number of hydrogen-bond acceptors (Lipinski definition) is 3. The summed E-state index contributed by atoms with van der Waals surface area (Å²) in [6.45, 7) is 3.70. The van der Waals surface area contributed by atoms with Crippen LogP contribution in [0.5, 0.6) is 0 Å². The minimum Gasteiger partial charge on any atom is -0.384 e. The lowest BCUT2D eigenvalue weighted by molar-refractivity contribution is -0.0332. The highest BCUT2D eigenvalue weighted by Crippen LogP contribution is 2.27. The van der Waals surface area contributed by atoms with Crippen LogP contribution in [-0.2, 0) is 4.74 Å². The molecule has 0 aromatic rings. The van der Waals surface area contributed by atoms with Gasteiger partial charge < -0.3 is 15.4 Å². The Morgan fingerprint density at radius 3 is 2.50 bits per heavy atom. The molecule has 0 aromatic heterocycles. The maximum absolute atomic E-state index is 5.61. The Balaban J connectivity index is 2.32. The van der Waals surface area contributed by atoms with Crippen LogP contribution in [-0.4, -0.2) is 45.3 Å². The highest BCUT2D eigenvalue weighted by atomic mass is 16.5. The minimum absolute atomic E-state index is 0.267. The number of nitrogens with two attached hydrogens (primary N) is 1. The number of nitrogens with zero attached hydrogens (tertiary/aromatic N) is 1. The fraction of sp³-hybridized carbons (Fsp3) is 1.00. The third-order valence-electron chi connectivity index (χ3n) is 2.09. The van der Waals surface area contributed by atoms with Gasteiger partial charge in [0, 0.05) is 32.2 Å². The Kier molecular flexibility index (Phi) is 2.28. The first-order valence-electron chi connectivity index (χ1n) is 3.60. The monoisotopic (exact) mass is 144 g/mol. The summed E-state index contributed by atoms with van der Waals surface area (Å²) in [5.74, 6) is 0. The summed E-state index contributed by atoms with van der Waals surface area (Å²) >= 11 is 0. The fourth-order valence-electron chi connectivity index (χ4n) is 1.68. The molecule has 0 amide bonds. The van der Waals surface area contributed by atoms with Crippen molar-refractivity contribution in [2.24, 2.45) is 11.1 Å². The zero-order valence-corrected chi connectivity index (χ0v) is 6.76. The largest absolute Gasteiger partial charge is 0.384 e. The molecule has 0 spiro atoms. The molecular weight excluding hydrogens is 128 g/mol. The van der Waals surface area contributed by atoms with Gasteiger partial charge in [-0.15, -0.1) is 0 Å². The van der Waals surface area contributed by atoms with E-state index in [-0.39, 0.29) is 5.41 Å². The summed E-state index contributed by atoms with van der Waals surface area (Å²) in [6.07, 6.45) is 0. The van der Waals surface area contributed by atoms with E-state index in [1.165, 1.54) is 0 Å². The normalized spacial score (nSPS) is 24.3. The van der Waals surface area contributed by atoms with E-state index in [2.05, 4.69) is 11.9 Å². The number of ether oxygens (including phenoxy) is 1. The number of rotatable bonds is 3. The van der Waals surface area contributed by atoms with Crippen LogP contribution >= 0.6 is 0 Å². The Morgan fingerprint density at radius 2 is 2.20 bits per heavy atom. The number of hydrogen-bond donors (Lipinski definition) is 1. The van der Waals surface area contributed by atoms with Crippen LogP contribution in [0.15, 0.2) is 0 Å². The van der Waals surface area contributed by atoms with Gasteiger partial charge in [0.1, 0.15) is 0 Å². The molecule has 3 heteroatoms. The maximum Gasteiger partial charge on any atom is 0.0555 e. The van der Waals surface area contributed by atoms with Gasteiger partial charge in [0.2, 0.25) is 0 Å². The van der Waals surface area contributed by atoms with Gasteiger partial charge >= 0.3 is 0 Å². The molecule has 1 fully saturated rings. The Hall–Kier alpha value is -0.120.